The Bertz CT molecular complexity index is 168. The molecular weight excluding hydrogens is 134 g/mol. The summed E-state index contributed by atoms with van der Waals surface area (Å²) in [6, 6.07) is 1.58. The molecule has 0 aliphatic carbocycles. The van der Waals surface area contributed by atoms with E-state index in [1.807, 2.05) is 0 Å². The van der Waals surface area contributed by atoms with E-state index in [-0.39, 0.29) is 6.61 Å². The van der Waals surface area contributed by atoms with Gasteiger partial charge in [-0.05, 0) is 6.92 Å². The fraction of sp³-hybridized carbons (Fsp3) is 0.667. The van der Waals surface area contributed by atoms with Crippen molar-refractivity contribution in [3.63, 3.8) is 0 Å². The van der Waals surface area contributed by atoms with Gasteiger partial charge >= 0.3 is 5.97 Å². The van der Waals surface area contributed by atoms with E-state index < -0.39 is 11.6 Å². The molecule has 0 spiro atoms. The van der Waals surface area contributed by atoms with Gasteiger partial charge in [-0.2, -0.15) is 5.26 Å². The third-order valence-corrected chi connectivity index (χ3v) is 0.797. The van der Waals surface area contributed by atoms with Crippen molar-refractivity contribution >= 4 is 5.97 Å². The van der Waals surface area contributed by atoms with Crippen LogP contribution in [0.25, 0.3) is 0 Å². The van der Waals surface area contributed by atoms with E-state index in [9.17, 15) is 4.79 Å². The molecule has 10 heavy (non-hydrogen) atoms. The number of carbonyl (C=O) groups excluding carboxylic acids is 1. The molecule has 0 unspecified atom stereocenters. The summed E-state index contributed by atoms with van der Waals surface area (Å²) in [5, 5.41) is 17.1. The van der Waals surface area contributed by atoms with Gasteiger partial charge in [-0.1, -0.05) is 0 Å². The first-order chi connectivity index (χ1) is 4.48. The average molecular weight is 143 g/mol. The summed E-state index contributed by atoms with van der Waals surface area (Å²) >= 11 is 0. The van der Waals surface area contributed by atoms with E-state index in [4.69, 9.17) is 10.4 Å². The molecule has 0 saturated heterocycles. The third-order valence-electron chi connectivity index (χ3n) is 0.797. The monoisotopic (exact) mass is 143 g/mol. The van der Waals surface area contributed by atoms with Crippen LogP contribution in [0.5, 0.6) is 0 Å². The molecule has 56 valence electrons. The molecule has 0 bridgehead atoms. The van der Waals surface area contributed by atoms with Crippen molar-refractivity contribution in [3.8, 4) is 6.07 Å². The van der Waals surface area contributed by atoms with Crippen LogP contribution in [0.3, 0.4) is 0 Å². The Labute approximate surface area is 59.0 Å². The van der Waals surface area contributed by atoms with Crippen LogP contribution in [-0.4, -0.2) is 23.3 Å². The topological polar surface area (TPSA) is 70.3 Å². The van der Waals surface area contributed by atoms with E-state index >= 15 is 0 Å². The Hall–Kier alpha value is -1.08. The van der Waals surface area contributed by atoms with Crippen LogP contribution in [0.2, 0.25) is 0 Å². The molecule has 0 rings (SSSR count). The summed E-state index contributed by atoms with van der Waals surface area (Å²) in [4.78, 5) is 10.2. The van der Waals surface area contributed by atoms with Crippen molar-refractivity contribution in [3.05, 3.63) is 0 Å². The molecule has 0 aromatic rings. The largest absolute Gasteiger partial charge is 0.462 e. The lowest BCUT2D eigenvalue weighted by Gasteiger charge is -2.12. The number of rotatable bonds is 2. The highest BCUT2D eigenvalue weighted by Crippen LogP contribution is 2.00. The first-order valence-corrected chi connectivity index (χ1v) is 2.75. The number of hydrogen-bond acceptors (Lipinski definition) is 4. The SMILES string of the molecule is CC(=O)OC[C@](C)(O)C#N. The van der Waals surface area contributed by atoms with Gasteiger partial charge in [-0.15, -0.1) is 0 Å². The summed E-state index contributed by atoms with van der Waals surface area (Å²) in [6.45, 7) is 2.21. The molecule has 0 fully saturated rings. The third kappa shape index (κ3) is 3.87. The number of nitrogens with zero attached hydrogens (tertiary/aromatic N) is 1. The second-order valence-corrected chi connectivity index (χ2v) is 2.17. The average Bonchev–Trinajstić information content (AvgIpc) is 1.85. The molecular formula is C6H9NO3. The van der Waals surface area contributed by atoms with Gasteiger partial charge in [0.1, 0.15) is 12.7 Å². The normalized spacial score (nSPS) is 15.0. The summed E-state index contributed by atoms with van der Waals surface area (Å²) in [5.41, 5.74) is -1.56. The van der Waals surface area contributed by atoms with Gasteiger partial charge in [0.25, 0.3) is 0 Å². The van der Waals surface area contributed by atoms with E-state index in [0.717, 1.165) is 0 Å². The fourth-order valence-corrected chi connectivity index (χ4v) is 0.274. The molecule has 0 aromatic heterocycles. The molecule has 0 aliphatic heterocycles. The fourth-order valence-electron chi connectivity index (χ4n) is 0.274. The van der Waals surface area contributed by atoms with Crippen LogP contribution in [0, 0.1) is 11.3 Å². The Balaban J connectivity index is 3.71. The number of ether oxygens (including phenoxy) is 1. The highest BCUT2D eigenvalue weighted by Gasteiger charge is 2.20. The van der Waals surface area contributed by atoms with Gasteiger partial charge in [0.2, 0.25) is 0 Å². The summed E-state index contributed by atoms with van der Waals surface area (Å²) in [6.07, 6.45) is 0. The zero-order valence-electron chi connectivity index (χ0n) is 5.92. The molecule has 0 radical (unpaired) electrons. The number of nitriles is 1. The summed E-state index contributed by atoms with van der Waals surface area (Å²) in [5.74, 6) is -0.504. The molecule has 0 aliphatic rings. The molecule has 4 nitrogen and oxygen atoms in total. The highest BCUT2D eigenvalue weighted by atomic mass is 16.5. The minimum Gasteiger partial charge on any atom is -0.462 e. The van der Waals surface area contributed by atoms with Crippen LogP contribution in [-0.2, 0) is 9.53 Å². The lowest BCUT2D eigenvalue weighted by molar-refractivity contribution is -0.145. The van der Waals surface area contributed by atoms with Crippen LogP contribution < -0.4 is 0 Å². The smallest absolute Gasteiger partial charge is 0.302 e. The van der Waals surface area contributed by atoms with Crippen molar-refractivity contribution in [2.75, 3.05) is 6.61 Å². The van der Waals surface area contributed by atoms with E-state index in [2.05, 4.69) is 4.74 Å². The van der Waals surface area contributed by atoms with Crippen molar-refractivity contribution in [2.24, 2.45) is 0 Å². The molecule has 0 saturated carbocycles. The first kappa shape index (κ1) is 8.92. The van der Waals surface area contributed by atoms with Crippen LogP contribution in [0.15, 0.2) is 0 Å². The van der Waals surface area contributed by atoms with Crippen LogP contribution in [0.4, 0.5) is 0 Å². The number of hydrogen-bond donors (Lipinski definition) is 1. The molecule has 0 aromatic carbocycles. The van der Waals surface area contributed by atoms with Crippen molar-refractivity contribution in [1.82, 2.24) is 0 Å². The second kappa shape index (κ2) is 3.18. The van der Waals surface area contributed by atoms with Crippen molar-refractivity contribution < 1.29 is 14.6 Å². The van der Waals surface area contributed by atoms with Crippen molar-refractivity contribution in [1.29, 1.82) is 5.26 Å². The van der Waals surface area contributed by atoms with Gasteiger partial charge in [0, 0.05) is 6.92 Å². The highest BCUT2D eigenvalue weighted by molar-refractivity contribution is 5.66. The number of esters is 1. The molecule has 0 amide bonds. The molecule has 4 heteroatoms. The predicted molar refractivity (Wildman–Crippen MR) is 32.9 cm³/mol. The van der Waals surface area contributed by atoms with E-state index in [1.165, 1.54) is 13.8 Å². The van der Waals surface area contributed by atoms with Crippen molar-refractivity contribution in [2.45, 2.75) is 19.4 Å². The second-order valence-electron chi connectivity index (χ2n) is 2.17. The number of carbonyl (C=O) groups is 1. The van der Waals surface area contributed by atoms with Gasteiger partial charge in [0.15, 0.2) is 5.60 Å². The maximum Gasteiger partial charge on any atom is 0.302 e. The van der Waals surface area contributed by atoms with Gasteiger partial charge in [0.05, 0.1) is 0 Å². The number of aliphatic hydroxyl groups is 1. The predicted octanol–water partition coefficient (Wildman–Crippen LogP) is -0.176. The molecule has 1 N–H and O–H groups in total. The van der Waals surface area contributed by atoms with Gasteiger partial charge < -0.3 is 9.84 Å². The molecule has 1 atom stereocenters. The van der Waals surface area contributed by atoms with E-state index in [0.29, 0.717) is 0 Å². The first-order valence-electron chi connectivity index (χ1n) is 2.75. The van der Waals surface area contributed by atoms with Crippen LogP contribution in [0.1, 0.15) is 13.8 Å². The van der Waals surface area contributed by atoms with Gasteiger partial charge in [-0.25, -0.2) is 0 Å². The Morgan fingerprint density at radius 1 is 1.90 bits per heavy atom. The van der Waals surface area contributed by atoms with E-state index in [1.54, 1.807) is 6.07 Å². The molecule has 0 heterocycles. The summed E-state index contributed by atoms with van der Waals surface area (Å²) in [7, 11) is 0. The standard InChI is InChI=1S/C6H9NO3/c1-5(8)10-4-6(2,9)3-7/h9H,4H2,1-2H3/t6-/m1/s1. The zero-order chi connectivity index (χ0) is 8.20. The quantitative estimate of drug-likeness (QED) is 0.430. The maximum absolute atomic E-state index is 10.2. The zero-order valence-corrected chi connectivity index (χ0v) is 5.92. The lowest BCUT2D eigenvalue weighted by Crippen LogP contribution is -2.29. The Morgan fingerprint density at radius 2 is 2.40 bits per heavy atom. The minimum atomic E-state index is -1.56. The van der Waals surface area contributed by atoms with Gasteiger partial charge in [-0.3, -0.25) is 4.79 Å². The lowest BCUT2D eigenvalue weighted by atomic mass is 10.1. The summed E-state index contributed by atoms with van der Waals surface area (Å²) < 4.78 is 4.39. The minimum absolute atomic E-state index is 0.279. The maximum atomic E-state index is 10.2. The Morgan fingerprint density at radius 3 is 2.70 bits per heavy atom. The van der Waals surface area contributed by atoms with Crippen LogP contribution >= 0.6 is 0 Å². The Kier molecular flexibility index (Phi) is 2.84.